The summed E-state index contributed by atoms with van der Waals surface area (Å²) in [7, 11) is 0. The summed E-state index contributed by atoms with van der Waals surface area (Å²) < 4.78 is 5.07. The Hall–Kier alpha value is -2.22. The highest BCUT2D eigenvalue weighted by molar-refractivity contribution is 7.16. The second-order valence-electron chi connectivity index (χ2n) is 8.77. The van der Waals surface area contributed by atoms with Gasteiger partial charge in [-0.3, -0.25) is 19.3 Å². The minimum Gasteiger partial charge on any atom is -0.462 e. The zero-order valence-corrected chi connectivity index (χ0v) is 19.1. The quantitative estimate of drug-likeness (QED) is 0.523. The summed E-state index contributed by atoms with van der Waals surface area (Å²) in [6.07, 6.45) is 2.12. The van der Waals surface area contributed by atoms with Gasteiger partial charge >= 0.3 is 5.97 Å². The number of ether oxygens (including phenoxy) is 1. The molecule has 0 aromatic carbocycles. The zero-order valence-electron chi connectivity index (χ0n) is 18.3. The largest absolute Gasteiger partial charge is 0.462 e. The lowest BCUT2D eigenvalue weighted by Crippen LogP contribution is -2.59. The molecule has 3 amide bonds. The Bertz CT molecular complexity index is 890. The number of carbonyl (C=O) groups is 4. The second-order valence-corrected chi connectivity index (χ2v) is 9.90. The maximum Gasteiger partial charge on any atom is 0.341 e. The third-order valence-corrected chi connectivity index (χ3v) is 8.14. The zero-order chi connectivity index (χ0) is 22.3. The molecular formula is C22H30N2O5S. The Labute approximate surface area is 181 Å². The standard InChI is InChI=1S/C22H30N2O5S/c1-6-13-12-14(19(27)29-7-2)17(30-13)23-16(25)9-11-24-18(26)15-8-10-22(5,20(24)28)21(15,3)4/h12,15H,6-11H2,1-5H3,(H,23,25). The van der Waals surface area contributed by atoms with Crippen molar-refractivity contribution in [2.75, 3.05) is 18.5 Å². The van der Waals surface area contributed by atoms with Crippen molar-refractivity contribution in [2.45, 2.75) is 60.3 Å². The fourth-order valence-corrected chi connectivity index (χ4v) is 5.59. The van der Waals surface area contributed by atoms with Crippen molar-refractivity contribution >= 4 is 40.0 Å². The minimum atomic E-state index is -0.580. The smallest absolute Gasteiger partial charge is 0.341 e. The summed E-state index contributed by atoms with van der Waals surface area (Å²) in [6, 6.07) is 1.73. The molecule has 7 nitrogen and oxygen atoms in total. The van der Waals surface area contributed by atoms with Crippen molar-refractivity contribution < 1.29 is 23.9 Å². The van der Waals surface area contributed by atoms with E-state index in [4.69, 9.17) is 4.74 Å². The van der Waals surface area contributed by atoms with Gasteiger partial charge in [0.1, 0.15) is 5.00 Å². The molecule has 164 valence electrons. The molecule has 1 aromatic heterocycles. The maximum atomic E-state index is 13.1. The molecule has 1 saturated carbocycles. The highest BCUT2D eigenvalue weighted by atomic mass is 32.1. The van der Waals surface area contributed by atoms with Gasteiger partial charge in [-0.2, -0.15) is 0 Å². The monoisotopic (exact) mass is 434 g/mol. The Morgan fingerprint density at radius 2 is 1.97 bits per heavy atom. The van der Waals surface area contributed by atoms with Crippen LogP contribution < -0.4 is 5.32 Å². The van der Waals surface area contributed by atoms with Crippen molar-refractivity contribution in [3.8, 4) is 0 Å². The summed E-state index contributed by atoms with van der Waals surface area (Å²) in [5.41, 5.74) is -0.616. The van der Waals surface area contributed by atoms with Crippen LogP contribution in [0.25, 0.3) is 0 Å². The molecule has 8 heteroatoms. The molecule has 1 aliphatic heterocycles. The van der Waals surface area contributed by atoms with Gasteiger partial charge in [-0.25, -0.2) is 4.79 Å². The first-order chi connectivity index (χ1) is 14.1. The van der Waals surface area contributed by atoms with Crippen molar-refractivity contribution in [3.05, 3.63) is 16.5 Å². The van der Waals surface area contributed by atoms with E-state index in [9.17, 15) is 19.2 Å². The molecule has 2 heterocycles. The van der Waals surface area contributed by atoms with Gasteiger partial charge in [0.05, 0.1) is 17.6 Å². The van der Waals surface area contributed by atoms with E-state index in [1.54, 1.807) is 13.0 Å². The summed E-state index contributed by atoms with van der Waals surface area (Å²) in [6.45, 7) is 9.90. The van der Waals surface area contributed by atoms with Crippen LogP contribution in [0.2, 0.25) is 0 Å². The lowest BCUT2D eigenvalue weighted by atomic mass is 9.62. The average molecular weight is 435 g/mol. The molecule has 2 aliphatic rings. The number of carbonyl (C=O) groups excluding carboxylic acids is 4. The number of fused-ring (bicyclic) bond motifs is 2. The highest BCUT2D eigenvalue weighted by Crippen LogP contribution is 2.60. The summed E-state index contributed by atoms with van der Waals surface area (Å²) in [5.74, 6) is -1.37. The molecule has 3 rings (SSSR count). The van der Waals surface area contributed by atoms with Gasteiger partial charge < -0.3 is 10.1 Å². The Kier molecular flexibility index (Phi) is 6.09. The summed E-state index contributed by atoms with van der Waals surface area (Å²) >= 11 is 1.33. The molecular weight excluding hydrogens is 404 g/mol. The van der Waals surface area contributed by atoms with Crippen LogP contribution in [0.1, 0.15) is 69.1 Å². The van der Waals surface area contributed by atoms with Crippen molar-refractivity contribution in [3.63, 3.8) is 0 Å². The maximum absolute atomic E-state index is 13.1. The van der Waals surface area contributed by atoms with Gasteiger partial charge in [-0.05, 0) is 37.7 Å². The molecule has 1 aliphatic carbocycles. The van der Waals surface area contributed by atoms with E-state index in [1.807, 2.05) is 27.7 Å². The molecule has 2 atom stereocenters. The molecule has 1 aromatic rings. The van der Waals surface area contributed by atoms with Gasteiger partial charge in [-0.1, -0.05) is 27.7 Å². The number of hydrogen-bond acceptors (Lipinski definition) is 6. The highest BCUT2D eigenvalue weighted by Gasteiger charge is 2.64. The van der Waals surface area contributed by atoms with E-state index in [0.717, 1.165) is 11.3 Å². The second kappa shape index (κ2) is 8.13. The van der Waals surface area contributed by atoms with Gasteiger partial charge in [0.25, 0.3) is 0 Å². The number of rotatable bonds is 7. The molecule has 0 spiro atoms. The van der Waals surface area contributed by atoms with Crippen LogP contribution in [0.4, 0.5) is 5.00 Å². The lowest BCUT2D eigenvalue weighted by Gasteiger charge is -2.47. The van der Waals surface area contributed by atoms with E-state index >= 15 is 0 Å². The number of likely N-dealkylation sites (tertiary alicyclic amines) is 1. The van der Waals surface area contributed by atoms with Crippen LogP contribution in [-0.2, 0) is 25.5 Å². The number of imide groups is 1. The van der Waals surface area contributed by atoms with Gasteiger partial charge in [0.15, 0.2) is 0 Å². The SMILES string of the molecule is CCOC(=O)c1cc(CC)sc1NC(=O)CCN1C(=O)C2CCC(C)(C1=O)C2(C)C. The number of nitrogens with zero attached hydrogens (tertiary/aromatic N) is 1. The van der Waals surface area contributed by atoms with Crippen LogP contribution in [-0.4, -0.2) is 41.7 Å². The van der Waals surface area contributed by atoms with Crippen LogP contribution >= 0.6 is 11.3 Å². The number of hydrogen-bond donors (Lipinski definition) is 1. The van der Waals surface area contributed by atoms with Crippen molar-refractivity contribution in [1.82, 2.24) is 4.90 Å². The van der Waals surface area contributed by atoms with Gasteiger partial charge in [-0.15, -0.1) is 11.3 Å². The van der Waals surface area contributed by atoms with Gasteiger partial charge in [0, 0.05) is 23.8 Å². The van der Waals surface area contributed by atoms with E-state index in [0.29, 0.717) is 23.4 Å². The molecule has 2 unspecified atom stereocenters. The summed E-state index contributed by atoms with van der Waals surface area (Å²) in [4.78, 5) is 52.9. The predicted octanol–water partition coefficient (Wildman–Crippen LogP) is 3.63. The Balaban J connectivity index is 1.69. The third kappa shape index (κ3) is 3.55. The number of piperidine rings is 1. The van der Waals surface area contributed by atoms with Crippen LogP contribution in [0, 0.1) is 16.7 Å². The first-order valence-corrected chi connectivity index (χ1v) is 11.3. The first kappa shape index (κ1) is 22.5. The predicted molar refractivity (Wildman–Crippen MR) is 114 cm³/mol. The molecule has 2 fully saturated rings. The first-order valence-electron chi connectivity index (χ1n) is 10.5. The fourth-order valence-electron chi connectivity index (χ4n) is 4.59. The van der Waals surface area contributed by atoms with Gasteiger partial charge in [0.2, 0.25) is 17.7 Å². The van der Waals surface area contributed by atoms with Crippen LogP contribution in [0.5, 0.6) is 0 Å². The Morgan fingerprint density at radius 1 is 1.27 bits per heavy atom. The molecule has 2 bridgehead atoms. The van der Waals surface area contributed by atoms with E-state index < -0.39 is 11.4 Å². The Morgan fingerprint density at radius 3 is 2.60 bits per heavy atom. The number of esters is 1. The summed E-state index contributed by atoms with van der Waals surface area (Å²) in [5, 5.41) is 3.21. The average Bonchev–Trinajstić information content (AvgIpc) is 3.17. The molecule has 0 radical (unpaired) electrons. The van der Waals surface area contributed by atoms with Crippen molar-refractivity contribution in [2.24, 2.45) is 16.7 Å². The third-order valence-electron chi connectivity index (χ3n) is 6.95. The number of anilines is 1. The van der Waals surface area contributed by atoms with Crippen molar-refractivity contribution in [1.29, 1.82) is 0 Å². The van der Waals surface area contributed by atoms with Crippen LogP contribution in [0.15, 0.2) is 6.07 Å². The number of thiophene rings is 1. The van der Waals surface area contributed by atoms with E-state index in [-0.39, 0.29) is 48.6 Å². The topological polar surface area (TPSA) is 92.8 Å². The normalized spacial score (nSPS) is 24.8. The molecule has 30 heavy (non-hydrogen) atoms. The minimum absolute atomic E-state index is 0.0116. The van der Waals surface area contributed by atoms with E-state index in [2.05, 4.69) is 5.32 Å². The fraction of sp³-hybridized carbons (Fsp3) is 0.636. The molecule has 1 saturated heterocycles. The van der Waals surface area contributed by atoms with Crippen LogP contribution in [0.3, 0.4) is 0 Å². The molecule has 1 N–H and O–H groups in total. The van der Waals surface area contributed by atoms with E-state index in [1.165, 1.54) is 16.2 Å². The number of amides is 3. The number of aryl methyl sites for hydroxylation is 1. The lowest BCUT2D eigenvalue weighted by molar-refractivity contribution is -0.167. The number of nitrogens with one attached hydrogen (secondary N) is 1.